The van der Waals surface area contributed by atoms with Gasteiger partial charge in [0, 0.05) is 5.71 Å². The van der Waals surface area contributed by atoms with Crippen LogP contribution in [0.15, 0.2) is 23.3 Å². The first-order valence-corrected chi connectivity index (χ1v) is 8.29. The summed E-state index contributed by atoms with van der Waals surface area (Å²) in [5.74, 6) is 1.26. The summed E-state index contributed by atoms with van der Waals surface area (Å²) in [6, 6.07) is 5.88. The zero-order valence-electron chi connectivity index (χ0n) is 13.5. The summed E-state index contributed by atoms with van der Waals surface area (Å²) in [4.78, 5) is 16.6. The van der Waals surface area contributed by atoms with Crippen molar-refractivity contribution < 1.29 is 14.3 Å². The first kappa shape index (κ1) is 16.3. The zero-order valence-corrected chi connectivity index (χ0v) is 14.3. The van der Waals surface area contributed by atoms with Crippen LogP contribution in [-0.4, -0.2) is 23.4 Å². The first-order valence-electron chi connectivity index (χ1n) is 7.48. The molecule has 0 radical (unpaired) electrons. The van der Waals surface area contributed by atoms with Gasteiger partial charge in [-0.1, -0.05) is 17.4 Å². The number of nitrogens with two attached hydrogens (primary N) is 1. The summed E-state index contributed by atoms with van der Waals surface area (Å²) in [5, 5.41) is 4.51. The molecule has 0 saturated heterocycles. The van der Waals surface area contributed by atoms with Crippen molar-refractivity contribution >= 4 is 28.1 Å². The van der Waals surface area contributed by atoms with E-state index in [9.17, 15) is 4.79 Å². The van der Waals surface area contributed by atoms with Gasteiger partial charge in [-0.2, -0.15) is 5.10 Å². The molecule has 24 heavy (non-hydrogen) atoms. The Morgan fingerprint density at radius 2 is 2.21 bits per heavy atom. The van der Waals surface area contributed by atoms with E-state index in [1.165, 1.54) is 0 Å². The highest BCUT2D eigenvalue weighted by Gasteiger charge is 2.14. The Balaban J connectivity index is 1.55. The number of aryl methyl sites for hydroxylation is 2. The Kier molecular flexibility index (Phi) is 4.66. The number of anilines is 1. The highest BCUT2D eigenvalue weighted by Crippen LogP contribution is 2.32. The Morgan fingerprint density at radius 1 is 1.42 bits per heavy atom. The molecular weight excluding hydrogens is 328 g/mol. The van der Waals surface area contributed by atoms with Crippen LogP contribution in [0.5, 0.6) is 11.5 Å². The van der Waals surface area contributed by atoms with Gasteiger partial charge >= 0.3 is 0 Å². The van der Waals surface area contributed by atoms with Crippen LogP contribution in [0.4, 0.5) is 5.13 Å². The van der Waals surface area contributed by atoms with Crippen molar-refractivity contribution in [1.29, 1.82) is 0 Å². The van der Waals surface area contributed by atoms with Gasteiger partial charge in [0.15, 0.2) is 16.6 Å². The Hall–Kier alpha value is -2.61. The third-order valence-corrected chi connectivity index (χ3v) is 4.57. The molecule has 0 atom stereocenters. The molecule has 1 aromatic heterocycles. The third-order valence-electron chi connectivity index (χ3n) is 3.58. The van der Waals surface area contributed by atoms with E-state index < -0.39 is 0 Å². The van der Waals surface area contributed by atoms with Gasteiger partial charge < -0.3 is 15.2 Å². The number of nitrogen functional groups attached to an aromatic ring is 1. The van der Waals surface area contributed by atoms with Crippen LogP contribution in [0, 0.1) is 6.92 Å². The molecule has 1 aliphatic rings. The maximum Gasteiger partial charge on any atom is 0.283 e. The monoisotopic (exact) mass is 346 g/mol. The lowest BCUT2D eigenvalue weighted by atomic mass is 10.1. The molecule has 8 heteroatoms. The lowest BCUT2D eigenvalue weighted by Crippen LogP contribution is -2.19. The molecule has 1 aromatic carbocycles. The van der Waals surface area contributed by atoms with Crippen LogP contribution >= 0.6 is 11.3 Å². The smallest absolute Gasteiger partial charge is 0.283 e. The molecule has 0 unspecified atom stereocenters. The maximum absolute atomic E-state index is 12.1. The van der Waals surface area contributed by atoms with Crippen molar-refractivity contribution in [2.45, 2.75) is 26.7 Å². The predicted molar refractivity (Wildman–Crippen MR) is 92.7 cm³/mol. The summed E-state index contributed by atoms with van der Waals surface area (Å²) in [6.07, 6.45) is 1.53. The van der Waals surface area contributed by atoms with Crippen LogP contribution in [0.3, 0.4) is 0 Å². The number of carbonyl (C=O) groups excluding carboxylic acids is 1. The van der Waals surface area contributed by atoms with Crippen molar-refractivity contribution in [1.82, 2.24) is 10.4 Å². The molecule has 3 rings (SSSR count). The third kappa shape index (κ3) is 3.65. The number of ether oxygens (including phenoxy) is 2. The molecule has 0 spiro atoms. The minimum Gasteiger partial charge on any atom is -0.454 e. The highest BCUT2D eigenvalue weighted by molar-refractivity contribution is 7.17. The van der Waals surface area contributed by atoms with Crippen molar-refractivity contribution in [2.75, 3.05) is 12.5 Å². The normalized spacial score (nSPS) is 13.2. The number of rotatable bonds is 5. The first-order chi connectivity index (χ1) is 11.5. The average Bonchev–Trinajstić information content (AvgIpc) is 3.15. The van der Waals surface area contributed by atoms with E-state index in [-0.39, 0.29) is 12.7 Å². The number of hydrogen-bond acceptors (Lipinski definition) is 7. The molecule has 126 valence electrons. The lowest BCUT2D eigenvalue weighted by Gasteiger charge is -2.04. The molecule has 0 aliphatic carbocycles. The minimum absolute atomic E-state index is 0.271. The molecule has 0 bridgehead atoms. The second-order valence-corrected chi connectivity index (χ2v) is 6.47. The van der Waals surface area contributed by atoms with E-state index in [2.05, 4.69) is 15.5 Å². The molecule has 3 N–H and O–H groups in total. The summed E-state index contributed by atoms with van der Waals surface area (Å²) < 4.78 is 10.7. The van der Waals surface area contributed by atoms with Gasteiger partial charge in [-0.05, 0) is 44.4 Å². The fraction of sp³-hybridized carbons (Fsp3) is 0.312. The summed E-state index contributed by atoms with van der Waals surface area (Å²) in [5.41, 5.74) is 10.7. The fourth-order valence-corrected chi connectivity index (χ4v) is 3.03. The van der Waals surface area contributed by atoms with Crippen LogP contribution in [0.2, 0.25) is 0 Å². The summed E-state index contributed by atoms with van der Waals surface area (Å²) >= 11 is 1.16. The number of hydrogen-bond donors (Lipinski definition) is 2. The van der Waals surface area contributed by atoms with Crippen molar-refractivity contribution in [3.05, 3.63) is 34.3 Å². The molecule has 1 amide bonds. The van der Waals surface area contributed by atoms with Crippen LogP contribution in [-0.2, 0) is 6.42 Å². The van der Waals surface area contributed by atoms with Gasteiger partial charge in [-0.25, -0.2) is 10.4 Å². The second-order valence-electron chi connectivity index (χ2n) is 5.44. The van der Waals surface area contributed by atoms with E-state index in [4.69, 9.17) is 15.2 Å². The van der Waals surface area contributed by atoms with Crippen LogP contribution in [0.1, 0.15) is 34.3 Å². The van der Waals surface area contributed by atoms with E-state index in [0.717, 1.165) is 47.0 Å². The fourth-order valence-electron chi connectivity index (χ4n) is 2.30. The molecule has 2 aromatic rings. The van der Waals surface area contributed by atoms with E-state index in [1.54, 1.807) is 6.92 Å². The van der Waals surface area contributed by atoms with Gasteiger partial charge in [0.2, 0.25) is 6.79 Å². The average molecular weight is 346 g/mol. The number of amides is 1. The number of aromatic nitrogens is 1. The topological polar surface area (TPSA) is 98.8 Å². The number of fused-ring (bicyclic) bond motifs is 1. The van der Waals surface area contributed by atoms with Gasteiger partial charge in [-0.15, -0.1) is 0 Å². The van der Waals surface area contributed by atoms with Crippen molar-refractivity contribution in [3.8, 4) is 11.5 Å². The Morgan fingerprint density at radius 3 is 2.96 bits per heavy atom. The van der Waals surface area contributed by atoms with E-state index in [0.29, 0.717) is 15.7 Å². The van der Waals surface area contributed by atoms with E-state index >= 15 is 0 Å². The second kappa shape index (κ2) is 6.88. The number of benzene rings is 1. The molecule has 1 aliphatic heterocycles. The zero-order chi connectivity index (χ0) is 17.1. The quantitative estimate of drug-likeness (QED) is 0.640. The standard InChI is InChI=1S/C16H18N4O3S/c1-9(19-20-15(21)14-10(2)18-16(17)24-14)3-4-11-5-6-12-13(7-11)23-8-22-12/h5-7H,3-4,8H2,1-2H3,(H2,17,18)(H,20,21). The molecule has 0 saturated carbocycles. The van der Waals surface area contributed by atoms with Gasteiger partial charge in [-0.3, -0.25) is 4.79 Å². The Bertz CT molecular complexity index is 801. The van der Waals surface area contributed by atoms with Gasteiger partial charge in [0.1, 0.15) is 4.88 Å². The number of carbonyl (C=O) groups is 1. The van der Waals surface area contributed by atoms with Crippen molar-refractivity contribution in [2.24, 2.45) is 5.10 Å². The maximum atomic E-state index is 12.1. The molecule has 0 fully saturated rings. The SMILES string of the molecule is CC(CCc1ccc2c(c1)OCO2)=NNC(=O)c1sc(N)nc1C. The number of nitrogens with zero attached hydrogens (tertiary/aromatic N) is 2. The van der Waals surface area contributed by atoms with Crippen LogP contribution in [0.25, 0.3) is 0 Å². The van der Waals surface area contributed by atoms with Crippen molar-refractivity contribution in [3.63, 3.8) is 0 Å². The van der Waals surface area contributed by atoms with Gasteiger partial charge in [0.25, 0.3) is 5.91 Å². The summed E-state index contributed by atoms with van der Waals surface area (Å²) in [6.45, 7) is 3.89. The van der Waals surface area contributed by atoms with Crippen LogP contribution < -0.4 is 20.6 Å². The highest BCUT2D eigenvalue weighted by atomic mass is 32.1. The number of nitrogens with one attached hydrogen (secondary N) is 1. The number of hydrazone groups is 1. The minimum atomic E-state index is -0.288. The number of thiazole rings is 1. The predicted octanol–water partition coefficient (Wildman–Crippen LogP) is 2.50. The molecule has 2 heterocycles. The lowest BCUT2D eigenvalue weighted by molar-refractivity contribution is 0.0958. The van der Waals surface area contributed by atoms with Gasteiger partial charge in [0.05, 0.1) is 5.69 Å². The largest absolute Gasteiger partial charge is 0.454 e. The Labute approximate surface area is 143 Å². The molecule has 7 nitrogen and oxygen atoms in total. The summed E-state index contributed by atoms with van der Waals surface area (Å²) in [7, 11) is 0. The van der Waals surface area contributed by atoms with E-state index in [1.807, 2.05) is 25.1 Å². The molecular formula is C16H18N4O3S.